The Kier molecular flexibility index (Phi) is 7.11. The molecular weight excluding hydrogens is 482 g/mol. The molecule has 0 aliphatic carbocycles. The van der Waals surface area contributed by atoms with Gasteiger partial charge >= 0.3 is 12.4 Å². The molecule has 0 fully saturated rings. The minimum absolute atomic E-state index is 0. The lowest BCUT2D eigenvalue weighted by molar-refractivity contribution is -0.143. The van der Waals surface area contributed by atoms with E-state index in [9.17, 15) is 26.3 Å². The van der Waals surface area contributed by atoms with Crippen molar-refractivity contribution < 1.29 is 26.3 Å². The molecule has 0 bridgehead atoms. The monoisotopic (exact) mass is 496 g/mol. The summed E-state index contributed by atoms with van der Waals surface area (Å²) in [5, 5.41) is 2.43. The number of aromatic nitrogens is 3. The van der Waals surface area contributed by atoms with E-state index in [0.29, 0.717) is 23.4 Å². The van der Waals surface area contributed by atoms with E-state index in [2.05, 4.69) is 20.3 Å². The van der Waals surface area contributed by atoms with Crippen LogP contribution in [-0.2, 0) is 12.4 Å². The molecule has 2 heterocycles. The fourth-order valence-corrected chi connectivity index (χ4v) is 3.06. The maximum atomic E-state index is 13.1. The molecule has 0 spiro atoms. The Labute approximate surface area is 196 Å². The molecule has 0 atom stereocenters. The van der Waals surface area contributed by atoms with Crippen LogP contribution in [0.1, 0.15) is 11.1 Å². The zero-order chi connectivity index (χ0) is 23.6. The van der Waals surface area contributed by atoms with Gasteiger partial charge in [0.25, 0.3) is 0 Å². The Morgan fingerprint density at radius 2 is 1.29 bits per heavy atom. The van der Waals surface area contributed by atoms with Gasteiger partial charge in [-0.05, 0) is 36.4 Å². The van der Waals surface area contributed by atoms with Gasteiger partial charge in [0.15, 0.2) is 0 Å². The van der Waals surface area contributed by atoms with Gasteiger partial charge < -0.3 is 5.32 Å². The third kappa shape index (κ3) is 5.82. The highest BCUT2D eigenvalue weighted by Gasteiger charge is 2.37. The predicted molar refractivity (Wildman–Crippen MR) is 118 cm³/mol. The Bertz CT molecular complexity index is 1230. The number of benzene rings is 2. The van der Waals surface area contributed by atoms with Crippen LogP contribution in [0.15, 0.2) is 79.1 Å². The van der Waals surface area contributed by atoms with E-state index < -0.39 is 29.2 Å². The van der Waals surface area contributed by atoms with Gasteiger partial charge in [-0.1, -0.05) is 30.3 Å². The Morgan fingerprint density at radius 3 is 1.85 bits per heavy atom. The molecule has 0 amide bonds. The first kappa shape index (κ1) is 25.0. The van der Waals surface area contributed by atoms with Crippen molar-refractivity contribution in [2.75, 3.05) is 5.32 Å². The van der Waals surface area contributed by atoms with Gasteiger partial charge in [0.2, 0.25) is 5.95 Å². The molecule has 1 N–H and O–H groups in total. The van der Waals surface area contributed by atoms with Crippen molar-refractivity contribution in [3.63, 3.8) is 0 Å². The van der Waals surface area contributed by atoms with Crippen molar-refractivity contribution in [3.05, 3.63) is 90.3 Å². The summed E-state index contributed by atoms with van der Waals surface area (Å²) < 4.78 is 78.5. The zero-order valence-corrected chi connectivity index (χ0v) is 17.8. The molecule has 11 heteroatoms. The van der Waals surface area contributed by atoms with E-state index in [1.54, 1.807) is 24.4 Å². The number of alkyl halides is 6. The van der Waals surface area contributed by atoms with Gasteiger partial charge in [0.1, 0.15) is 0 Å². The zero-order valence-electron chi connectivity index (χ0n) is 17.0. The van der Waals surface area contributed by atoms with Crippen LogP contribution in [0.25, 0.3) is 22.5 Å². The van der Waals surface area contributed by atoms with E-state index >= 15 is 0 Å². The molecule has 2 aromatic heterocycles. The average Bonchev–Trinajstić information content (AvgIpc) is 2.79. The summed E-state index contributed by atoms with van der Waals surface area (Å²) >= 11 is 0. The molecule has 0 aliphatic rings. The van der Waals surface area contributed by atoms with Crippen LogP contribution in [0, 0.1) is 0 Å². The molecule has 4 aromatic rings. The Morgan fingerprint density at radius 1 is 0.647 bits per heavy atom. The number of nitrogens with zero attached hydrogens (tertiary/aromatic N) is 3. The second kappa shape index (κ2) is 9.68. The number of rotatable bonds is 4. The summed E-state index contributed by atoms with van der Waals surface area (Å²) in [5.41, 5.74) is -0.669. The van der Waals surface area contributed by atoms with Crippen LogP contribution in [0.4, 0.5) is 38.0 Å². The average molecular weight is 497 g/mol. The second-order valence-corrected chi connectivity index (χ2v) is 6.98. The molecule has 34 heavy (non-hydrogen) atoms. The quantitative estimate of drug-likeness (QED) is 0.299. The Balaban J connectivity index is 0.00000324. The highest BCUT2D eigenvalue weighted by atomic mass is 35.5. The number of hydrogen-bond acceptors (Lipinski definition) is 4. The smallest absolute Gasteiger partial charge is 0.324 e. The summed E-state index contributed by atoms with van der Waals surface area (Å²) in [4.78, 5) is 12.5. The van der Waals surface area contributed by atoms with Crippen molar-refractivity contribution >= 4 is 24.0 Å². The fraction of sp³-hybridized carbons (Fsp3) is 0.0870. The first-order valence-corrected chi connectivity index (χ1v) is 9.51. The molecule has 176 valence electrons. The van der Waals surface area contributed by atoms with Crippen LogP contribution < -0.4 is 5.32 Å². The van der Waals surface area contributed by atoms with Gasteiger partial charge in [-0.2, -0.15) is 26.3 Å². The predicted octanol–water partition coefficient (Wildman–Crippen LogP) is 7.41. The third-order valence-corrected chi connectivity index (χ3v) is 4.63. The maximum Gasteiger partial charge on any atom is 0.416 e. The molecule has 4 nitrogen and oxygen atoms in total. The van der Waals surface area contributed by atoms with E-state index in [0.717, 1.165) is 11.3 Å². The van der Waals surface area contributed by atoms with Crippen molar-refractivity contribution in [1.29, 1.82) is 0 Å². The number of hydrogen-bond donors (Lipinski definition) is 1. The van der Waals surface area contributed by atoms with Crippen LogP contribution in [0.5, 0.6) is 0 Å². The van der Waals surface area contributed by atoms with Gasteiger partial charge in [-0.15, -0.1) is 12.4 Å². The van der Waals surface area contributed by atoms with Gasteiger partial charge in [-0.3, -0.25) is 4.98 Å². The fourth-order valence-electron chi connectivity index (χ4n) is 3.06. The standard InChI is InChI=1S/C23H14F6N4.ClH/c24-22(25,26)16-10-17(23(27,28)29)12-18(11-16)32-21-30-9-8-20(33-21)15-6-7-19(31-13-15)14-4-2-1-3-5-14;/h1-13H,(H,30,32,33);1H. The Hall–Kier alpha value is -3.66. The summed E-state index contributed by atoms with van der Waals surface area (Å²) in [6.45, 7) is 0. The summed E-state index contributed by atoms with van der Waals surface area (Å²) in [6.07, 6.45) is -6.99. The van der Waals surface area contributed by atoms with Gasteiger partial charge in [0.05, 0.1) is 22.5 Å². The first-order chi connectivity index (χ1) is 15.6. The highest BCUT2D eigenvalue weighted by molar-refractivity contribution is 5.85. The van der Waals surface area contributed by atoms with Crippen molar-refractivity contribution in [2.24, 2.45) is 0 Å². The van der Waals surface area contributed by atoms with E-state index in [1.807, 2.05) is 30.3 Å². The summed E-state index contributed by atoms with van der Waals surface area (Å²) in [7, 11) is 0. The SMILES string of the molecule is Cl.FC(F)(F)c1cc(Nc2nccc(-c3ccc(-c4ccccc4)nc3)n2)cc(C(F)(F)F)c1. The van der Waals surface area contributed by atoms with Crippen molar-refractivity contribution in [3.8, 4) is 22.5 Å². The molecule has 0 aliphatic heterocycles. The lowest BCUT2D eigenvalue weighted by Gasteiger charge is -2.15. The van der Waals surface area contributed by atoms with E-state index in [-0.39, 0.29) is 24.4 Å². The normalized spacial score (nSPS) is 11.6. The molecule has 0 saturated carbocycles. The topological polar surface area (TPSA) is 50.7 Å². The van der Waals surface area contributed by atoms with Crippen molar-refractivity contribution in [2.45, 2.75) is 12.4 Å². The molecule has 0 saturated heterocycles. The minimum Gasteiger partial charge on any atom is -0.324 e. The largest absolute Gasteiger partial charge is 0.416 e. The maximum absolute atomic E-state index is 13.1. The van der Waals surface area contributed by atoms with E-state index in [4.69, 9.17) is 0 Å². The molecule has 2 aromatic carbocycles. The lowest BCUT2D eigenvalue weighted by atomic mass is 10.1. The molecular formula is C23H15ClF6N4. The van der Waals surface area contributed by atoms with Crippen LogP contribution in [-0.4, -0.2) is 15.0 Å². The number of pyridine rings is 1. The van der Waals surface area contributed by atoms with Crippen LogP contribution in [0.2, 0.25) is 0 Å². The first-order valence-electron chi connectivity index (χ1n) is 9.51. The summed E-state index contributed by atoms with van der Waals surface area (Å²) in [5.74, 6) is -0.160. The molecule has 0 radical (unpaired) electrons. The van der Waals surface area contributed by atoms with Crippen molar-refractivity contribution in [1.82, 2.24) is 15.0 Å². The van der Waals surface area contributed by atoms with Crippen LogP contribution in [0.3, 0.4) is 0 Å². The second-order valence-electron chi connectivity index (χ2n) is 6.98. The number of halogens is 7. The van der Waals surface area contributed by atoms with Gasteiger partial charge in [0, 0.05) is 29.2 Å². The van der Waals surface area contributed by atoms with E-state index in [1.165, 1.54) is 6.20 Å². The number of anilines is 2. The molecule has 0 unspecified atom stereocenters. The molecule has 4 rings (SSSR count). The summed E-state index contributed by atoms with van der Waals surface area (Å²) in [6, 6.07) is 15.7. The van der Waals surface area contributed by atoms with Gasteiger partial charge in [-0.25, -0.2) is 9.97 Å². The highest BCUT2D eigenvalue weighted by Crippen LogP contribution is 2.38. The number of nitrogens with one attached hydrogen (secondary N) is 1. The third-order valence-electron chi connectivity index (χ3n) is 4.63. The lowest BCUT2D eigenvalue weighted by Crippen LogP contribution is -2.12. The minimum atomic E-state index is -4.95. The van der Waals surface area contributed by atoms with Crippen LogP contribution >= 0.6 is 12.4 Å².